The standard InChI is InChI=1S/C24H28N2O5S/c1-3-29-20-10-9-17(15-21(20)30-4-2)11-12-25-23(27)18-7-5-6-8-19(18)26-24(28)22-16-32-14-13-31-22/h5-10,15-16H,3-4,11-14H2,1-2H3,(H,25,27)(H,26,28). The summed E-state index contributed by atoms with van der Waals surface area (Å²) in [6.45, 7) is 5.89. The molecule has 2 aromatic carbocycles. The van der Waals surface area contributed by atoms with E-state index in [-0.39, 0.29) is 17.6 Å². The van der Waals surface area contributed by atoms with E-state index in [1.807, 2.05) is 32.0 Å². The number of thioether (sulfide) groups is 1. The topological polar surface area (TPSA) is 85.9 Å². The third kappa shape index (κ3) is 6.43. The highest BCUT2D eigenvalue weighted by molar-refractivity contribution is 8.02. The molecule has 0 bridgehead atoms. The molecular weight excluding hydrogens is 428 g/mol. The van der Waals surface area contributed by atoms with E-state index in [4.69, 9.17) is 14.2 Å². The fraction of sp³-hybridized carbons (Fsp3) is 0.333. The number of hydrogen-bond donors (Lipinski definition) is 2. The van der Waals surface area contributed by atoms with Crippen LogP contribution in [0.15, 0.2) is 53.6 Å². The third-order valence-corrected chi connectivity index (χ3v) is 5.38. The third-order valence-electron chi connectivity index (χ3n) is 4.60. The van der Waals surface area contributed by atoms with Crippen molar-refractivity contribution in [1.82, 2.24) is 5.32 Å². The first-order valence-electron chi connectivity index (χ1n) is 10.6. The molecule has 2 aromatic rings. The van der Waals surface area contributed by atoms with E-state index in [1.54, 1.807) is 29.7 Å². The number of anilines is 1. The Kier molecular flexibility index (Phi) is 8.86. The van der Waals surface area contributed by atoms with Gasteiger partial charge in [-0.3, -0.25) is 9.59 Å². The Bertz CT molecular complexity index is 977. The van der Waals surface area contributed by atoms with E-state index < -0.39 is 0 Å². The number of hydrogen-bond acceptors (Lipinski definition) is 6. The van der Waals surface area contributed by atoms with Crippen molar-refractivity contribution in [2.45, 2.75) is 20.3 Å². The van der Waals surface area contributed by atoms with Crippen LogP contribution in [0.2, 0.25) is 0 Å². The fourth-order valence-electron chi connectivity index (χ4n) is 3.13. The molecule has 1 aliphatic heterocycles. The van der Waals surface area contributed by atoms with Crippen LogP contribution in [-0.2, 0) is 16.0 Å². The zero-order valence-electron chi connectivity index (χ0n) is 18.3. The molecule has 7 nitrogen and oxygen atoms in total. The Morgan fingerprint density at radius 3 is 2.56 bits per heavy atom. The maximum Gasteiger partial charge on any atom is 0.291 e. The molecule has 2 amide bonds. The Morgan fingerprint density at radius 2 is 1.81 bits per heavy atom. The molecule has 0 saturated heterocycles. The molecule has 0 radical (unpaired) electrons. The van der Waals surface area contributed by atoms with Crippen LogP contribution in [0.1, 0.15) is 29.8 Å². The molecule has 0 aliphatic carbocycles. The van der Waals surface area contributed by atoms with Crippen LogP contribution in [0.25, 0.3) is 0 Å². The van der Waals surface area contributed by atoms with E-state index in [2.05, 4.69) is 10.6 Å². The van der Waals surface area contributed by atoms with Gasteiger partial charge >= 0.3 is 0 Å². The van der Waals surface area contributed by atoms with Gasteiger partial charge in [0.15, 0.2) is 17.3 Å². The number of ether oxygens (including phenoxy) is 3. The lowest BCUT2D eigenvalue weighted by atomic mass is 10.1. The van der Waals surface area contributed by atoms with Crippen LogP contribution in [0, 0.1) is 0 Å². The van der Waals surface area contributed by atoms with Crippen LogP contribution in [0.5, 0.6) is 11.5 Å². The quantitative estimate of drug-likeness (QED) is 0.562. The Labute approximate surface area is 192 Å². The van der Waals surface area contributed by atoms with Crippen molar-refractivity contribution >= 4 is 29.3 Å². The minimum atomic E-state index is -0.365. The predicted molar refractivity (Wildman–Crippen MR) is 126 cm³/mol. The molecule has 32 heavy (non-hydrogen) atoms. The number of benzene rings is 2. The molecule has 1 aliphatic rings. The largest absolute Gasteiger partial charge is 0.490 e. The number of para-hydroxylation sites is 1. The van der Waals surface area contributed by atoms with Gasteiger partial charge in [-0.1, -0.05) is 18.2 Å². The summed E-state index contributed by atoms with van der Waals surface area (Å²) in [5.41, 5.74) is 1.86. The average molecular weight is 457 g/mol. The lowest BCUT2D eigenvalue weighted by Gasteiger charge is -2.16. The van der Waals surface area contributed by atoms with Crippen LogP contribution in [0.3, 0.4) is 0 Å². The predicted octanol–water partition coefficient (Wildman–Crippen LogP) is 4.00. The van der Waals surface area contributed by atoms with Gasteiger partial charge in [-0.05, 0) is 50.1 Å². The number of rotatable bonds is 10. The molecule has 3 rings (SSSR count). The first-order chi connectivity index (χ1) is 15.6. The lowest BCUT2D eigenvalue weighted by Crippen LogP contribution is -2.27. The summed E-state index contributed by atoms with van der Waals surface area (Å²) in [7, 11) is 0. The van der Waals surface area contributed by atoms with Gasteiger partial charge in [0, 0.05) is 17.7 Å². The minimum absolute atomic E-state index is 0.259. The molecule has 2 N–H and O–H groups in total. The second-order valence-corrected chi connectivity index (χ2v) is 7.83. The summed E-state index contributed by atoms with van der Waals surface area (Å²) in [6, 6.07) is 12.7. The lowest BCUT2D eigenvalue weighted by molar-refractivity contribution is -0.116. The van der Waals surface area contributed by atoms with Crippen LogP contribution >= 0.6 is 11.8 Å². The van der Waals surface area contributed by atoms with Crippen molar-refractivity contribution in [3.05, 3.63) is 64.8 Å². The highest BCUT2D eigenvalue weighted by Crippen LogP contribution is 2.28. The maximum atomic E-state index is 12.8. The normalized spacial score (nSPS) is 12.9. The molecule has 0 saturated carbocycles. The zero-order chi connectivity index (χ0) is 22.8. The van der Waals surface area contributed by atoms with E-state index in [9.17, 15) is 9.59 Å². The number of carbonyl (C=O) groups is 2. The van der Waals surface area contributed by atoms with E-state index in [0.717, 1.165) is 11.3 Å². The fourth-order valence-corrected chi connectivity index (χ4v) is 3.75. The highest BCUT2D eigenvalue weighted by Gasteiger charge is 2.18. The number of amides is 2. The molecule has 0 atom stereocenters. The Balaban J connectivity index is 1.60. The van der Waals surface area contributed by atoms with E-state index in [1.165, 1.54) is 11.8 Å². The molecule has 8 heteroatoms. The summed E-state index contributed by atoms with van der Waals surface area (Å²) >= 11 is 1.52. The summed E-state index contributed by atoms with van der Waals surface area (Å²) in [5, 5.41) is 7.38. The van der Waals surface area contributed by atoms with Gasteiger partial charge in [0.1, 0.15) is 0 Å². The second-order valence-electron chi connectivity index (χ2n) is 6.85. The van der Waals surface area contributed by atoms with Gasteiger partial charge in [0.2, 0.25) is 0 Å². The molecule has 170 valence electrons. The zero-order valence-corrected chi connectivity index (χ0v) is 19.1. The monoisotopic (exact) mass is 456 g/mol. The van der Waals surface area contributed by atoms with Gasteiger partial charge in [-0.25, -0.2) is 0 Å². The molecule has 0 fully saturated rings. The SMILES string of the molecule is CCOc1ccc(CCNC(=O)c2ccccc2NC(=O)C2=CSCCO2)cc1OCC. The van der Waals surface area contributed by atoms with Crippen LogP contribution in [0.4, 0.5) is 5.69 Å². The van der Waals surface area contributed by atoms with E-state index in [0.29, 0.717) is 55.5 Å². The van der Waals surface area contributed by atoms with Crippen molar-refractivity contribution < 1.29 is 23.8 Å². The summed E-state index contributed by atoms with van der Waals surface area (Å²) < 4.78 is 16.6. The smallest absolute Gasteiger partial charge is 0.291 e. The number of carbonyl (C=O) groups excluding carboxylic acids is 2. The minimum Gasteiger partial charge on any atom is -0.490 e. The van der Waals surface area contributed by atoms with Gasteiger partial charge in [0.05, 0.1) is 31.1 Å². The van der Waals surface area contributed by atoms with Gasteiger partial charge in [-0.15, -0.1) is 11.8 Å². The maximum absolute atomic E-state index is 12.8. The highest BCUT2D eigenvalue weighted by atomic mass is 32.2. The van der Waals surface area contributed by atoms with Crippen molar-refractivity contribution in [2.75, 3.05) is 37.4 Å². The second kappa shape index (κ2) is 12.0. The van der Waals surface area contributed by atoms with Crippen molar-refractivity contribution in [2.24, 2.45) is 0 Å². The average Bonchev–Trinajstić information content (AvgIpc) is 2.82. The van der Waals surface area contributed by atoms with Crippen LogP contribution in [-0.4, -0.2) is 43.9 Å². The van der Waals surface area contributed by atoms with Crippen molar-refractivity contribution in [1.29, 1.82) is 0 Å². The summed E-state index contributed by atoms with van der Waals surface area (Å²) in [5.74, 6) is 1.86. The molecule has 0 unspecified atom stereocenters. The Morgan fingerprint density at radius 1 is 1.03 bits per heavy atom. The van der Waals surface area contributed by atoms with Gasteiger partial charge in [0.25, 0.3) is 11.8 Å². The Hall–Kier alpha value is -3.13. The molecule has 1 heterocycles. The van der Waals surface area contributed by atoms with Crippen LogP contribution < -0.4 is 20.1 Å². The molecule has 0 aromatic heterocycles. The first kappa shape index (κ1) is 23.5. The first-order valence-corrected chi connectivity index (χ1v) is 11.7. The number of nitrogens with one attached hydrogen (secondary N) is 2. The van der Waals surface area contributed by atoms with Crippen molar-refractivity contribution in [3.8, 4) is 11.5 Å². The van der Waals surface area contributed by atoms with Crippen molar-refractivity contribution in [3.63, 3.8) is 0 Å². The summed E-state index contributed by atoms with van der Waals surface area (Å²) in [4.78, 5) is 25.2. The molecule has 0 spiro atoms. The molecular formula is C24H28N2O5S. The van der Waals surface area contributed by atoms with Gasteiger partial charge in [-0.2, -0.15) is 0 Å². The van der Waals surface area contributed by atoms with Gasteiger partial charge < -0.3 is 24.8 Å². The van der Waals surface area contributed by atoms with E-state index >= 15 is 0 Å². The summed E-state index contributed by atoms with van der Waals surface area (Å²) in [6.07, 6.45) is 0.630.